The molecule has 9 heteroatoms. The summed E-state index contributed by atoms with van der Waals surface area (Å²) in [6, 6.07) is 6.09. The first-order valence-corrected chi connectivity index (χ1v) is 11.3. The van der Waals surface area contributed by atoms with Crippen LogP contribution in [0.15, 0.2) is 35.4 Å². The zero-order valence-electron chi connectivity index (χ0n) is 16.4. The minimum absolute atomic E-state index is 0.0837. The van der Waals surface area contributed by atoms with Gasteiger partial charge in [-0.1, -0.05) is 6.07 Å². The Labute approximate surface area is 170 Å². The van der Waals surface area contributed by atoms with Crippen molar-refractivity contribution in [1.82, 2.24) is 8.87 Å². The number of benzene rings is 1. The summed E-state index contributed by atoms with van der Waals surface area (Å²) in [4.78, 5) is 15.0. The second-order valence-electron chi connectivity index (χ2n) is 7.57. The van der Waals surface area contributed by atoms with Crippen LogP contribution in [0.3, 0.4) is 0 Å². The van der Waals surface area contributed by atoms with Crippen molar-refractivity contribution in [2.75, 3.05) is 36.4 Å². The number of halogens is 1. The lowest BCUT2D eigenvalue weighted by atomic mass is 10.2. The van der Waals surface area contributed by atoms with Gasteiger partial charge in [-0.25, -0.2) is 12.8 Å². The molecule has 3 heterocycles. The van der Waals surface area contributed by atoms with Gasteiger partial charge in [-0.15, -0.1) is 0 Å². The number of carbonyl (C=O) groups excluding carboxylic acids is 1. The molecular weight excluding hydrogens is 395 g/mol. The van der Waals surface area contributed by atoms with Crippen LogP contribution in [-0.2, 0) is 17.1 Å². The highest BCUT2D eigenvalue weighted by Crippen LogP contribution is 2.32. The number of para-hydroxylation sites is 1. The Morgan fingerprint density at radius 1 is 1.07 bits per heavy atom. The molecule has 156 valence electrons. The Morgan fingerprint density at radius 2 is 1.72 bits per heavy atom. The standard InChI is InChI=1S/C20H25FN4O3S/c1-23-14-15(29(27,28)25-11-4-5-12-25)13-18(23)20(26)22-19-16(21)7-6-8-17(19)24-9-2-3-10-24/h6-8,13-14H,2-5,9-12H2,1H3,(H,22,26). The van der Waals surface area contributed by atoms with E-state index in [1.165, 1.54) is 27.2 Å². The summed E-state index contributed by atoms with van der Waals surface area (Å²) < 4.78 is 43.0. The maximum absolute atomic E-state index is 14.5. The lowest BCUT2D eigenvalue weighted by molar-refractivity contribution is 0.101. The van der Waals surface area contributed by atoms with Crippen LogP contribution in [0.5, 0.6) is 0 Å². The van der Waals surface area contributed by atoms with Crippen LogP contribution >= 0.6 is 0 Å². The molecule has 0 saturated carbocycles. The molecule has 0 radical (unpaired) electrons. The summed E-state index contributed by atoms with van der Waals surface area (Å²) in [6.07, 6.45) is 5.17. The van der Waals surface area contributed by atoms with Gasteiger partial charge in [0.2, 0.25) is 10.0 Å². The van der Waals surface area contributed by atoms with Crippen molar-refractivity contribution >= 4 is 27.3 Å². The maximum Gasteiger partial charge on any atom is 0.272 e. The van der Waals surface area contributed by atoms with Gasteiger partial charge in [0.05, 0.1) is 5.69 Å². The van der Waals surface area contributed by atoms with E-state index in [1.54, 1.807) is 19.2 Å². The van der Waals surface area contributed by atoms with Crippen molar-refractivity contribution in [3.63, 3.8) is 0 Å². The molecule has 1 aromatic heterocycles. The van der Waals surface area contributed by atoms with E-state index in [0.29, 0.717) is 18.8 Å². The van der Waals surface area contributed by atoms with Crippen LogP contribution in [-0.4, -0.2) is 49.4 Å². The fourth-order valence-electron chi connectivity index (χ4n) is 4.01. The van der Waals surface area contributed by atoms with E-state index >= 15 is 0 Å². The minimum atomic E-state index is -3.63. The minimum Gasteiger partial charge on any atom is -0.370 e. The van der Waals surface area contributed by atoms with Gasteiger partial charge in [0.15, 0.2) is 0 Å². The molecule has 1 aromatic carbocycles. The van der Waals surface area contributed by atoms with Gasteiger partial charge in [-0.2, -0.15) is 4.31 Å². The van der Waals surface area contributed by atoms with Gasteiger partial charge in [0, 0.05) is 39.4 Å². The first-order valence-electron chi connectivity index (χ1n) is 9.89. The monoisotopic (exact) mass is 420 g/mol. The smallest absolute Gasteiger partial charge is 0.272 e. The summed E-state index contributed by atoms with van der Waals surface area (Å²) in [5, 5.41) is 2.66. The molecule has 7 nitrogen and oxygen atoms in total. The number of aromatic nitrogens is 1. The van der Waals surface area contributed by atoms with E-state index < -0.39 is 21.7 Å². The third-order valence-corrected chi connectivity index (χ3v) is 7.46. The van der Waals surface area contributed by atoms with Gasteiger partial charge in [0.25, 0.3) is 5.91 Å². The predicted octanol–water partition coefficient (Wildman–Crippen LogP) is 2.80. The molecule has 2 saturated heterocycles. The van der Waals surface area contributed by atoms with Crippen LogP contribution in [0.1, 0.15) is 36.2 Å². The Bertz CT molecular complexity index is 1020. The van der Waals surface area contributed by atoms with Crippen molar-refractivity contribution in [3.8, 4) is 0 Å². The number of anilines is 2. The van der Waals surface area contributed by atoms with E-state index in [0.717, 1.165) is 38.8 Å². The van der Waals surface area contributed by atoms with E-state index in [-0.39, 0.29) is 16.3 Å². The van der Waals surface area contributed by atoms with Crippen LogP contribution in [0.25, 0.3) is 0 Å². The normalized spacial score (nSPS) is 17.8. The summed E-state index contributed by atoms with van der Waals surface area (Å²) >= 11 is 0. The molecule has 0 bridgehead atoms. The van der Waals surface area contributed by atoms with Crippen molar-refractivity contribution < 1.29 is 17.6 Å². The lowest BCUT2D eigenvalue weighted by Gasteiger charge is -2.22. The van der Waals surface area contributed by atoms with E-state index in [2.05, 4.69) is 5.32 Å². The molecule has 0 unspecified atom stereocenters. The van der Waals surface area contributed by atoms with Crippen LogP contribution in [0.2, 0.25) is 0 Å². The number of sulfonamides is 1. The number of nitrogens with one attached hydrogen (secondary N) is 1. The summed E-state index contributed by atoms with van der Waals surface area (Å²) in [7, 11) is -2.01. The number of carbonyl (C=O) groups is 1. The topological polar surface area (TPSA) is 74.6 Å². The Kier molecular flexibility index (Phi) is 5.35. The Morgan fingerprint density at radius 3 is 2.41 bits per heavy atom. The highest BCUT2D eigenvalue weighted by atomic mass is 32.2. The molecule has 0 spiro atoms. The maximum atomic E-state index is 14.5. The van der Waals surface area contributed by atoms with Gasteiger partial charge in [-0.05, 0) is 43.9 Å². The van der Waals surface area contributed by atoms with Crippen molar-refractivity contribution in [2.24, 2.45) is 7.05 Å². The van der Waals surface area contributed by atoms with Crippen molar-refractivity contribution in [2.45, 2.75) is 30.6 Å². The van der Waals surface area contributed by atoms with Crippen LogP contribution in [0.4, 0.5) is 15.8 Å². The second-order valence-corrected chi connectivity index (χ2v) is 9.50. The third-order valence-electron chi connectivity index (χ3n) is 5.59. The first-order chi connectivity index (χ1) is 13.9. The number of rotatable bonds is 5. The summed E-state index contributed by atoms with van der Waals surface area (Å²) in [5.74, 6) is -1.05. The van der Waals surface area contributed by atoms with E-state index in [9.17, 15) is 17.6 Å². The summed E-state index contributed by atoms with van der Waals surface area (Å²) in [5.41, 5.74) is 0.943. The Balaban J connectivity index is 1.61. The fraction of sp³-hybridized carbons (Fsp3) is 0.450. The van der Waals surface area contributed by atoms with Crippen molar-refractivity contribution in [1.29, 1.82) is 0 Å². The molecule has 1 N–H and O–H groups in total. The number of hydrogen-bond acceptors (Lipinski definition) is 4. The molecular formula is C20H25FN4O3S. The number of nitrogens with zero attached hydrogens (tertiary/aromatic N) is 3. The largest absolute Gasteiger partial charge is 0.370 e. The molecule has 29 heavy (non-hydrogen) atoms. The van der Waals surface area contributed by atoms with Crippen LogP contribution < -0.4 is 10.2 Å². The molecule has 2 fully saturated rings. The molecule has 2 aliphatic heterocycles. The summed E-state index contributed by atoms with van der Waals surface area (Å²) in [6.45, 7) is 2.61. The van der Waals surface area contributed by atoms with E-state index in [4.69, 9.17) is 0 Å². The third kappa shape index (κ3) is 3.76. The highest BCUT2D eigenvalue weighted by Gasteiger charge is 2.30. The lowest BCUT2D eigenvalue weighted by Crippen LogP contribution is -2.27. The SMILES string of the molecule is Cn1cc(S(=O)(=O)N2CCCC2)cc1C(=O)Nc1c(F)cccc1N1CCCC1. The van der Waals surface area contributed by atoms with Gasteiger partial charge >= 0.3 is 0 Å². The quantitative estimate of drug-likeness (QED) is 0.807. The average molecular weight is 421 g/mol. The molecule has 4 rings (SSSR count). The zero-order valence-corrected chi connectivity index (χ0v) is 17.2. The number of hydrogen-bond donors (Lipinski definition) is 1. The fourth-order valence-corrected chi connectivity index (χ4v) is 5.60. The van der Waals surface area contributed by atoms with Gasteiger partial charge < -0.3 is 14.8 Å². The first kappa shape index (κ1) is 19.9. The van der Waals surface area contributed by atoms with Gasteiger partial charge in [0.1, 0.15) is 22.1 Å². The second kappa shape index (κ2) is 7.79. The molecule has 0 atom stereocenters. The zero-order chi connectivity index (χ0) is 20.6. The molecule has 1 amide bonds. The highest BCUT2D eigenvalue weighted by molar-refractivity contribution is 7.89. The molecule has 0 aliphatic carbocycles. The van der Waals surface area contributed by atoms with Crippen LogP contribution in [0, 0.1) is 5.82 Å². The number of aryl methyl sites for hydroxylation is 1. The molecule has 2 aliphatic rings. The Hall–Kier alpha value is -2.39. The average Bonchev–Trinajstić information content (AvgIpc) is 3.45. The molecule has 2 aromatic rings. The number of amides is 1. The predicted molar refractivity (Wildman–Crippen MR) is 109 cm³/mol. The van der Waals surface area contributed by atoms with E-state index in [1.807, 2.05) is 4.90 Å². The van der Waals surface area contributed by atoms with Crippen molar-refractivity contribution in [3.05, 3.63) is 42.0 Å². The van der Waals surface area contributed by atoms with Gasteiger partial charge in [-0.3, -0.25) is 4.79 Å².